The summed E-state index contributed by atoms with van der Waals surface area (Å²) in [5.41, 5.74) is 4.08. The minimum atomic E-state index is -1.61. The van der Waals surface area contributed by atoms with Crippen LogP contribution >= 0.6 is 23.2 Å². The van der Waals surface area contributed by atoms with Crippen molar-refractivity contribution in [3.8, 4) is 5.75 Å². The van der Waals surface area contributed by atoms with Gasteiger partial charge in [0, 0.05) is 16.1 Å². The molecule has 2 N–H and O–H groups in total. The van der Waals surface area contributed by atoms with Gasteiger partial charge in [0.1, 0.15) is 29.3 Å². The molecule has 5 aromatic rings. The number of ketones is 1. The fraction of sp³-hybridized carbons (Fsp3) is 0.222. The lowest BCUT2D eigenvalue weighted by Crippen LogP contribution is -2.53. The van der Waals surface area contributed by atoms with Crippen molar-refractivity contribution in [1.82, 2.24) is 5.01 Å². The van der Waals surface area contributed by atoms with E-state index in [4.69, 9.17) is 32.4 Å². The number of methoxy groups -OCH3 is 1. The predicted octanol–water partition coefficient (Wildman–Crippen LogP) is 7.51. The van der Waals surface area contributed by atoms with Gasteiger partial charge in [-0.15, -0.1) is 0 Å². The van der Waals surface area contributed by atoms with Gasteiger partial charge in [0.2, 0.25) is 11.8 Å². The summed E-state index contributed by atoms with van der Waals surface area (Å²) in [7, 11) is 1.53. The number of fused-ring (bicyclic) bond motifs is 4. The van der Waals surface area contributed by atoms with E-state index >= 15 is 4.79 Å². The second-order valence-corrected chi connectivity index (χ2v) is 15.8. The summed E-state index contributed by atoms with van der Waals surface area (Å²) in [4.78, 5) is 73.6. The molecule has 4 aromatic carbocycles. The van der Waals surface area contributed by atoms with Gasteiger partial charge in [-0.25, -0.2) is 0 Å². The number of imide groups is 2. The van der Waals surface area contributed by atoms with Crippen molar-refractivity contribution in [2.45, 2.75) is 30.8 Å². The summed E-state index contributed by atoms with van der Waals surface area (Å²) in [6.45, 7) is -0.411. The molecule has 6 atom stereocenters. The number of anilines is 2. The number of nitrogens with one attached hydrogen (secondary N) is 1. The van der Waals surface area contributed by atoms with E-state index in [2.05, 4.69) is 5.43 Å². The summed E-state index contributed by atoms with van der Waals surface area (Å²) in [6.07, 6.45) is 2.16. The van der Waals surface area contributed by atoms with E-state index in [0.29, 0.717) is 44.5 Å². The molecule has 6 unspecified atom stereocenters. The molecule has 0 bridgehead atoms. The van der Waals surface area contributed by atoms with Crippen molar-refractivity contribution in [1.29, 1.82) is 0 Å². The standard InChI is InChI=1S/C45H35Cl2N3O8/c1-57-29-14-9-26(10-15-29)45-34(42(54)50(44(45)56)48-36-19-11-27(46)21-35(36)47)22-33-31(39(45)37-20-16-30(23-51)58-37)17-18-32-38(33)43(55)49(41(32)53)28-12-7-25(8-13-28)40(52)24-5-3-2-4-6-24/h2-17,19-21,32-34,38-39,48,51H,18,22-23H2,1H3. The fourth-order valence-corrected chi connectivity index (χ4v) is 10.0. The van der Waals surface area contributed by atoms with E-state index in [1.165, 1.54) is 18.1 Å². The second kappa shape index (κ2) is 14.4. The number of hydrazine groups is 1. The maximum absolute atomic E-state index is 15.4. The Hall–Kier alpha value is -6.01. The molecule has 1 saturated carbocycles. The summed E-state index contributed by atoms with van der Waals surface area (Å²) >= 11 is 12.7. The molecule has 9 rings (SSSR count). The van der Waals surface area contributed by atoms with Gasteiger partial charge < -0.3 is 14.3 Å². The monoisotopic (exact) mass is 815 g/mol. The molecule has 2 aliphatic heterocycles. The zero-order chi connectivity index (χ0) is 40.5. The number of nitrogens with zero attached hydrogens (tertiary/aromatic N) is 2. The normalized spacial score (nSPS) is 25.0. The molecule has 58 heavy (non-hydrogen) atoms. The van der Waals surface area contributed by atoms with Crippen LogP contribution in [0.1, 0.15) is 51.8 Å². The van der Waals surface area contributed by atoms with Crippen molar-refractivity contribution in [3.63, 3.8) is 0 Å². The average Bonchev–Trinajstić information content (AvgIpc) is 3.89. The molecule has 4 amide bonds. The van der Waals surface area contributed by atoms with E-state index in [9.17, 15) is 24.3 Å². The fourth-order valence-electron chi connectivity index (χ4n) is 9.56. The number of benzene rings is 4. The topological polar surface area (TPSA) is 146 Å². The van der Waals surface area contributed by atoms with Gasteiger partial charge in [-0.3, -0.25) is 34.3 Å². The van der Waals surface area contributed by atoms with Crippen molar-refractivity contribution in [2.24, 2.45) is 23.7 Å². The van der Waals surface area contributed by atoms with Gasteiger partial charge in [-0.1, -0.05) is 77.3 Å². The lowest BCUT2D eigenvalue weighted by atomic mass is 9.50. The number of aliphatic hydroxyl groups is 1. The maximum atomic E-state index is 15.4. The maximum Gasteiger partial charge on any atom is 0.260 e. The van der Waals surface area contributed by atoms with Crippen LogP contribution in [0.25, 0.3) is 0 Å². The number of allylic oxidation sites excluding steroid dienone is 2. The number of ether oxygens (including phenoxy) is 1. The van der Waals surface area contributed by atoms with Gasteiger partial charge in [0.15, 0.2) is 5.78 Å². The minimum absolute atomic E-state index is 0.0531. The molecular weight excluding hydrogens is 781 g/mol. The Labute approximate surface area is 342 Å². The van der Waals surface area contributed by atoms with Crippen molar-refractivity contribution < 1.29 is 38.2 Å². The average molecular weight is 817 g/mol. The summed E-state index contributed by atoms with van der Waals surface area (Å²) in [6, 6.07) is 30.1. The number of amides is 4. The van der Waals surface area contributed by atoms with Gasteiger partial charge in [0.05, 0.1) is 47.2 Å². The first-order valence-electron chi connectivity index (χ1n) is 18.8. The minimum Gasteiger partial charge on any atom is -0.497 e. The second-order valence-electron chi connectivity index (χ2n) is 14.9. The third-order valence-electron chi connectivity index (χ3n) is 12.1. The summed E-state index contributed by atoms with van der Waals surface area (Å²) in [5.74, 6) is -5.28. The first kappa shape index (κ1) is 37.6. The largest absolute Gasteiger partial charge is 0.497 e. The number of carbonyl (C=O) groups excluding carboxylic acids is 5. The molecular formula is C45H35Cl2N3O8. The quantitative estimate of drug-likeness (QED) is 0.0877. The Balaban J connectivity index is 1.15. The van der Waals surface area contributed by atoms with Crippen LogP contribution in [-0.4, -0.2) is 46.6 Å². The van der Waals surface area contributed by atoms with Gasteiger partial charge in [0.25, 0.3) is 11.8 Å². The van der Waals surface area contributed by atoms with E-state index in [1.807, 2.05) is 12.1 Å². The third-order valence-corrected chi connectivity index (χ3v) is 12.7. The zero-order valence-electron chi connectivity index (χ0n) is 30.9. The van der Waals surface area contributed by atoms with Crippen LogP contribution in [0.4, 0.5) is 11.4 Å². The van der Waals surface area contributed by atoms with Crippen molar-refractivity contribution in [3.05, 3.63) is 159 Å². The molecule has 3 heterocycles. The molecule has 0 radical (unpaired) electrons. The number of aliphatic hydroxyl groups excluding tert-OH is 1. The highest BCUT2D eigenvalue weighted by Gasteiger charge is 2.71. The number of furan rings is 1. The molecule has 11 nitrogen and oxygen atoms in total. The van der Waals surface area contributed by atoms with Crippen molar-refractivity contribution in [2.75, 3.05) is 17.4 Å². The van der Waals surface area contributed by atoms with E-state index in [-0.39, 0.29) is 41.0 Å². The Morgan fingerprint density at radius 1 is 0.862 bits per heavy atom. The number of hydrogen-bond acceptors (Lipinski definition) is 9. The van der Waals surface area contributed by atoms with Crippen LogP contribution in [0.2, 0.25) is 10.0 Å². The molecule has 13 heteroatoms. The first-order chi connectivity index (χ1) is 28.1. The Bertz CT molecular complexity index is 2540. The predicted molar refractivity (Wildman–Crippen MR) is 214 cm³/mol. The van der Waals surface area contributed by atoms with Gasteiger partial charge in [-0.2, -0.15) is 5.01 Å². The number of halogens is 2. The Kier molecular flexibility index (Phi) is 9.34. The van der Waals surface area contributed by atoms with Gasteiger partial charge >= 0.3 is 0 Å². The Morgan fingerprint density at radius 2 is 1.59 bits per heavy atom. The molecule has 2 aliphatic carbocycles. The zero-order valence-corrected chi connectivity index (χ0v) is 32.4. The molecule has 3 fully saturated rings. The molecule has 0 spiro atoms. The lowest BCUT2D eigenvalue weighted by molar-refractivity contribution is -0.138. The Morgan fingerprint density at radius 3 is 2.26 bits per heavy atom. The molecule has 2 saturated heterocycles. The SMILES string of the molecule is COc1ccc(C23C(=O)N(Nc4ccc(Cl)cc4Cl)C(=O)C2CC2C(=CCC4C(=O)N(c5ccc(C(=O)c6ccccc6)cc5)C(=O)C42)C3c2ccc(CO)o2)cc1. The highest BCUT2D eigenvalue weighted by atomic mass is 35.5. The summed E-state index contributed by atoms with van der Waals surface area (Å²) in [5, 5.41) is 11.6. The van der Waals surface area contributed by atoms with E-state index in [1.54, 1.807) is 97.1 Å². The lowest BCUT2D eigenvalue weighted by Gasteiger charge is -2.49. The van der Waals surface area contributed by atoms with Gasteiger partial charge in [-0.05, 0) is 91.1 Å². The third kappa shape index (κ3) is 5.71. The number of carbonyl (C=O) groups is 5. The van der Waals surface area contributed by atoms with Crippen LogP contribution < -0.4 is 15.1 Å². The molecule has 4 aliphatic rings. The molecule has 292 valence electrons. The first-order valence-corrected chi connectivity index (χ1v) is 19.5. The van der Waals surface area contributed by atoms with Crippen LogP contribution in [0, 0.1) is 23.7 Å². The van der Waals surface area contributed by atoms with E-state index < -0.39 is 59.3 Å². The van der Waals surface area contributed by atoms with Crippen LogP contribution in [0.5, 0.6) is 5.75 Å². The van der Waals surface area contributed by atoms with Crippen LogP contribution in [-0.2, 0) is 31.2 Å². The highest BCUT2D eigenvalue weighted by molar-refractivity contribution is 6.36. The number of rotatable bonds is 9. The number of hydrogen-bond donors (Lipinski definition) is 2. The van der Waals surface area contributed by atoms with Crippen LogP contribution in [0.3, 0.4) is 0 Å². The van der Waals surface area contributed by atoms with E-state index in [0.717, 1.165) is 5.01 Å². The highest BCUT2D eigenvalue weighted by Crippen LogP contribution is 2.64. The van der Waals surface area contributed by atoms with Crippen LogP contribution in [0.15, 0.2) is 125 Å². The van der Waals surface area contributed by atoms with Crippen molar-refractivity contribution >= 4 is 64.0 Å². The smallest absolute Gasteiger partial charge is 0.260 e. The molecule has 1 aromatic heterocycles. The summed E-state index contributed by atoms with van der Waals surface area (Å²) < 4.78 is 11.7.